The summed E-state index contributed by atoms with van der Waals surface area (Å²) in [5, 5.41) is 0. The second-order valence-electron chi connectivity index (χ2n) is 5.98. The minimum atomic E-state index is -3.85. The summed E-state index contributed by atoms with van der Waals surface area (Å²) in [6, 6.07) is 5.89. The SMILES string of the molecule is COC(=O)c1c(C)[nH]c(C(=O)CN(C)S(=O)(=O)c2ccc(OC)cc2)c1C. The maximum atomic E-state index is 12.7. The molecule has 1 aromatic carbocycles. The molecule has 0 fully saturated rings. The maximum absolute atomic E-state index is 12.7. The Morgan fingerprint density at radius 2 is 1.70 bits per heavy atom. The maximum Gasteiger partial charge on any atom is 0.339 e. The lowest BCUT2D eigenvalue weighted by atomic mass is 10.1. The number of aromatic amines is 1. The van der Waals surface area contributed by atoms with Crippen LogP contribution in [0, 0.1) is 13.8 Å². The Morgan fingerprint density at radius 1 is 1.11 bits per heavy atom. The highest BCUT2D eigenvalue weighted by molar-refractivity contribution is 7.89. The van der Waals surface area contributed by atoms with E-state index in [1.807, 2.05) is 0 Å². The molecule has 0 aliphatic heterocycles. The quantitative estimate of drug-likeness (QED) is 0.568. The molecule has 0 saturated heterocycles. The lowest BCUT2D eigenvalue weighted by Crippen LogP contribution is -2.32. The summed E-state index contributed by atoms with van der Waals surface area (Å²) in [7, 11) is 0.209. The van der Waals surface area contributed by atoms with E-state index in [0.717, 1.165) is 4.31 Å². The minimum Gasteiger partial charge on any atom is -0.497 e. The molecule has 0 saturated carbocycles. The fourth-order valence-corrected chi connectivity index (χ4v) is 3.86. The van der Waals surface area contributed by atoms with E-state index in [9.17, 15) is 18.0 Å². The number of likely N-dealkylation sites (N-methyl/N-ethyl adjacent to an activating group) is 1. The second kappa shape index (κ2) is 7.93. The van der Waals surface area contributed by atoms with Crippen molar-refractivity contribution < 1.29 is 27.5 Å². The van der Waals surface area contributed by atoms with Gasteiger partial charge in [0, 0.05) is 12.7 Å². The molecule has 1 N–H and O–H groups in total. The summed E-state index contributed by atoms with van der Waals surface area (Å²) in [5.74, 6) is -0.481. The summed E-state index contributed by atoms with van der Waals surface area (Å²) in [6.07, 6.45) is 0. The number of hydrogen-bond acceptors (Lipinski definition) is 6. The number of aryl methyl sites for hydroxylation is 1. The van der Waals surface area contributed by atoms with Gasteiger partial charge >= 0.3 is 5.97 Å². The Balaban J connectivity index is 2.25. The van der Waals surface area contributed by atoms with E-state index < -0.39 is 21.8 Å². The number of esters is 1. The van der Waals surface area contributed by atoms with E-state index in [2.05, 4.69) is 4.98 Å². The lowest BCUT2D eigenvalue weighted by molar-refractivity contribution is 0.0599. The van der Waals surface area contributed by atoms with Crippen molar-refractivity contribution in [2.75, 3.05) is 27.8 Å². The van der Waals surface area contributed by atoms with Gasteiger partial charge in [0.2, 0.25) is 10.0 Å². The van der Waals surface area contributed by atoms with Gasteiger partial charge < -0.3 is 14.5 Å². The van der Waals surface area contributed by atoms with Crippen molar-refractivity contribution in [3.05, 3.63) is 46.8 Å². The van der Waals surface area contributed by atoms with Crippen LogP contribution in [0.2, 0.25) is 0 Å². The summed E-state index contributed by atoms with van der Waals surface area (Å²) in [4.78, 5) is 27.4. The van der Waals surface area contributed by atoms with E-state index in [-0.39, 0.29) is 22.7 Å². The van der Waals surface area contributed by atoms with Crippen LogP contribution in [-0.4, -0.2) is 57.3 Å². The normalized spacial score (nSPS) is 11.5. The first-order valence-corrected chi connectivity index (χ1v) is 9.48. The molecule has 27 heavy (non-hydrogen) atoms. The van der Waals surface area contributed by atoms with Gasteiger partial charge in [0.1, 0.15) is 5.75 Å². The van der Waals surface area contributed by atoms with Crippen molar-refractivity contribution in [3.8, 4) is 5.75 Å². The lowest BCUT2D eigenvalue weighted by Gasteiger charge is -2.16. The van der Waals surface area contributed by atoms with Crippen molar-refractivity contribution in [2.45, 2.75) is 18.7 Å². The topological polar surface area (TPSA) is 106 Å². The van der Waals surface area contributed by atoms with Crippen LogP contribution in [-0.2, 0) is 14.8 Å². The Bertz CT molecular complexity index is 960. The van der Waals surface area contributed by atoms with Crippen molar-refractivity contribution in [1.29, 1.82) is 0 Å². The number of benzene rings is 1. The number of ether oxygens (including phenoxy) is 2. The van der Waals surface area contributed by atoms with Crippen LogP contribution in [0.1, 0.15) is 32.1 Å². The monoisotopic (exact) mass is 394 g/mol. The summed E-state index contributed by atoms with van der Waals surface area (Å²) < 4.78 is 36.0. The van der Waals surface area contributed by atoms with Gasteiger partial charge in [-0.3, -0.25) is 4.79 Å². The number of nitrogens with zero attached hydrogens (tertiary/aromatic N) is 1. The molecule has 2 rings (SSSR count). The van der Waals surface area contributed by atoms with Crippen LogP contribution < -0.4 is 4.74 Å². The molecule has 1 aromatic heterocycles. The number of methoxy groups -OCH3 is 2. The van der Waals surface area contributed by atoms with Crippen molar-refractivity contribution in [2.24, 2.45) is 0 Å². The molecule has 0 amide bonds. The number of sulfonamides is 1. The smallest absolute Gasteiger partial charge is 0.339 e. The minimum absolute atomic E-state index is 0.0493. The van der Waals surface area contributed by atoms with Crippen molar-refractivity contribution in [1.82, 2.24) is 9.29 Å². The Kier molecular flexibility index (Phi) is 6.07. The molecule has 0 aliphatic rings. The molecule has 0 spiro atoms. The highest BCUT2D eigenvalue weighted by Gasteiger charge is 2.27. The second-order valence-corrected chi connectivity index (χ2v) is 8.02. The molecular weight excluding hydrogens is 372 g/mol. The van der Waals surface area contributed by atoms with E-state index >= 15 is 0 Å². The molecule has 0 atom stereocenters. The van der Waals surface area contributed by atoms with E-state index in [4.69, 9.17) is 9.47 Å². The Hall–Kier alpha value is -2.65. The molecular formula is C18H22N2O6S. The van der Waals surface area contributed by atoms with Crippen LogP contribution in [0.5, 0.6) is 5.75 Å². The third-order valence-corrected chi connectivity index (χ3v) is 6.06. The van der Waals surface area contributed by atoms with E-state index in [1.54, 1.807) is 13.8 Å². The average Bonchev–Trinajstić information content (AvgIpc) is 2.95. The van der Waals surface area contributed by atoms with E-state index in [0.29, 0.717) is 17.0 Å². The number of H-pyrrole nitrogens is 1. The number of ketones is 1. The Labute approximate surface area is 158 Å². The molecule has 2 aromatic rings. The zero-order valence-corrected chi connectivity index (χ0v) is 16.6. The van der Waals surface area contributed by atoms with Crippen LogP contribution in [0.4, 0.5) is 0 Å². The van der Waals surface area contributed by atoms with Gasteiger partial charge in [-0.1, -0.05) is 0 Å². The zero-order valence-electron chi connectivity index (χ0n) is 15.8. The molecule has 1 heterocycles. The third-order valence-electron chi connectivity index (χ3n) is 4.24. The predicted molar refractivity (Wildman–Crippen MR) is 98.7 cm³/mol. The fraction of sp³-hybridized carbons (Fsp3) is 0.333. The highest BCUT2D eigenvalue weighted by atomic mass is 32.2. The molecule has 8 nitrogen and oxygen atoms in total. The molecule has 9 heteroatoms. The first-order valence-electron chi connectivity index (χ1n) is 8.04. The summed E-state index contributed by atoms with van der Waals surface area (Å²) in [5.41, 5.74) is 1.38. The molecule has 0 bridgehead atoms. The number of Topliss-reactive ketones (excluding diaryl/α,β-unsaturated/α-hetero) is 1. The van der Waals surface area contributed by atoms with Crippen LogP contribution in [0.3, 0.4) is 0 Å². The van der Waals surface area contributed by atoms with Gasteiger partial charge in [0.15, 0.2) is 5.78 Å². The van der Waals surface area contributed by atoms with Gasteiger partial charge in [-0.2, -0.15) is 4.31 Å². The molecule has 146 valence electrons. The highest BCUT2D eigenvalue weighted by Crippen LogP contribution is 2.22. The van der Waals surface area contributed by atoms with Crippen molar-refractivity contribution >= 4 is 21.8 Å². The first-order chi connectivity index (χ1) is 12.6. The van der Waals surface area contributed by atoms with Crippen LogP contribution in [0.25, 0.3) is 0 Å². The largest absolute Gasteiger partial charge is 0.497 e. The van der Waals surface area contributed by atoms with Crippen LogP contribution >= 0.6 is 0 Å². The zero-order chi connectivity index (χ0) is 20.4. The summed E-state index contributed by atoms with van der Waals surface area (Å²) in [6.45, 7) is 2.88. The van der Waals surface area contributed by atoms with Crippen molar-refractivity contribution in [3.63, 3.8) is 0 Å². The molecule has 0 aliphatic carbocycles. The number of carbonyl (C=O) groups is 2. The number of hydrogen-bond donors (Lipinski definition) is 1. The number of rotatable bonds is 7. The van der Waals surface area contributed by atoms with Gasteiger partial charge in [0.25, 0.3) is 0 Å². The third kappa shape index (κ3) is 4.04. The average molecular weight is 394 g/mol. The van der Waals surface area contributed by atoms with Gasteiger partial charge in [-0.25, -0.2) is 13.2 Å². The molecule has 0 radical (unpaired) electrons. The van der Waals surface area contributed by atoms with E-state index in [1.165, 1.54) is 45.5 Å². The molecule has 0 unspecified atom stereocenters. The number of aromatic nitrogens is 1. The fourth-order valence-electron chi connectivity index (χ4n) is 2.73. The standard InChI is InChI=1S/C18H22N2O6S/c1-11-16(18(22)26-5)12(2)19-17(11)15(21)10-20(3)27(23,24)14-8-6-13(25-4)7-9-14/h6-9,19H,10H2,1-5H3. The van der Waals surface area contributed by atoms with Gasteiger partial charge in [0.05, 0.1) is 36.9 Å². The number of carbonyl (C=O) groups excluding carboxylic acids is 2. The van der Waals surface area contributed by atoms with Crippen LogP contribution in [0.15, 0.2) is 29.2 Å². The van der Waals surface area contributed by atoms with Gasteiger partial charge in [-0.05, 0) is 43.7 Å². The predicted octanol–water partition coefficient (Wildman–Crippen LogP) is 1.93. The van der Waals surface area contributed by atoms with Gasteiger partial charge in [-0.15, -0.1) is 0 Å². The summed E-state index contributed by atoms with van der Waals surface area (Å²) >= 11 is 0. The number of nitrogens with one attached hydrogen (secondary N) is 1. The Morgan fingerprint density at radius 3 is 2.22 bits per heavy atom. The first kappa shape index (κ1) is 20.7.